The predicted molar refractivity (Wildman–Crippen MR) is 77.5 cm³/mol. The summed E-state index contributed by atoms with van der Waals surface area (Å²) in [6, 6.07) is 9.06. The molecule has 0 N–H and O–H groups in total. The summed E-state index contributed by atoms with van der Waals surface area (Å²) in [6.45, 7) is 0.520. The van der Waals surface area contributed by atoms with Gasteiger partial charge in [-0.2, -0.15) is 0 Å². The summed E-state index contributed by atoms with van der Waals surface area (Å²) in [6.07, 6.45) is 4.73. The van der Waals surface area contributed by atoms with E-state index in [0.29, 0.717) is 18.7 Å². The summed E-state index contributed by atoms with van der Waals surface area (Å²) in [5.41, 5.74) is 2.32. The standard InChI is InChI=1S/C15H19ClN2O/c1-18-14-6-7-15(18)9-13(8-14)17-19-10-11-2-4-12(16)5-3-11/h2-5,14-15H,6-10H2,1H3. The second-order valence-corrected chi connectivity index (χ2v) is 5.95. The molecule has 2 aliphatic rings. The molecule has 1 aromatic rings. The van der Waals surface area contributed by atoms with Gasteiger partial charge in [0.2, 0.25) is 0 Å². The number of rotatable bonds is 3. The molecule has 2 aliphatic heterocycles. The van der Waals surface area contributed by atoms with E-state index < -0.39 is 0 Å². The van der Waals surface area contributed by atoms with Crippen LogP contribution in [-0.4, -0.2) is 29.7 Å². The molecule has 0 radical (unpaired) electrons. The first-order chi connectivity index (χ1) is 9.22. The molecule has 0 aliphatic carbocycles. The van der Waals surface area contributed by atoms with Gasteiger partial charge in [-0.25, -0.2) is 0 Å². The summed E-state index contributed by atoms with van der Waals surface area (Å²) in [5, 5.41) is 5.08. The van der Waals surface area contributed by atoms with Crippen LogP contribution in [-0.2, 0) is 11.4 Å². The third kappa shape index (κ3) is 2.93. The van der Waals surface area contributed by atoms with E-state index in [2.05, 4.69) is 17.1 Å². The van der Waals surface area contributed by atoms with Gasteiger partial charge in [-0.15, -0.1) is 0 Å². The maximum absolute atomic E-state index is 5.85. The number of halogens is 1. The van der Waals surface area contributed by atoms with Crippen LogP contribution in [0.3, 0.4) is 0 Å². The van der Waals surface area contributed by atoms with E-state index in [1.54, 1.807) is 0 Å². The Kier molecular flexibility index (Phi) is 3.76. The van der Waals surface area contributed by atoms with Crippen molar-refractivity contribution in [3.63, 3.8) is 0 Å². The lowest BCUT2D eigenvalue weighted by Crippen LogP contribution is -2.40. The van der Waals surface area contributed by atoms with Gasteiger partial charge >= 0.3 is 0 Å². The van der Waals surface area contributed by atoms with Gasteiger partial charge in [-0.05, 0) is 37.6 Å². The molecule has 4 heteroatoms. The predicted octanol–water partition coefficient (Wildman–Crippen LogP) is 3.47. The Balaban J connectivity index is 1.54. The van der Waals surface area contributed by atoms with Gasteiger partial charge in [0.05, 0.1) is 5.71 Å². The van der Waals surface area contributed by atoms with E-state index in [4.69, 9.17) is 16.4 Å². The maximum Gasteiger partial charge on any atom is 0.142 e. The van der Waals surface area contributed by atoms with Crippen molar-refractivity contribution >= 4 is 17.3 Å². The lowest BCUT2D eigenvalue weighted by molar-refractivity contribution is 0.125. The third-order valence-electron chi connectivity index (χ3n) is 4.27. The minimum Gasteiger partial charge on any atom is -0.391 e. The molecule has 0 amide bonds. The fourth-order valence-electron chi connectivity index (χ4n) is 3.06. The van der Waals surface area contributed by atoms with Crippen molar-refractivity contribution in [1.82, 2.24) is 4.90 Å². The minimum absolute atomic E-state index is 0.520. The highest BCUT2D eigenvalue weighted by Gasteiger charge is 2.36. The van der Waals surface area contributed by atoms with Crippen LogP contribution in [0.4, 0.5) is 0 Å². The van der Waals surface area contributed by atoms with Crippen molar-refractivity contribution in [1.29, 1.82) is 0 Å². The molecular weight excluding hydrogens is 260 g/mol. The van der Waals surface area contributed by atoms with Crippen molar-refractivity contribution in [2.24, 2.45) is 5.16 Å². The van der Waals surface area contributed by atoms with Crippen LogP contribution < -0.4 is 0 Å². The first-order valence-corrected chi connectivity index (χ1v) is 7.24. The summed E-state index contributed by atoms with van der Waals surface area (Å²) < 4.78 is 0. The Hall–Kier alpha value is -1.06. The number of benzene rings is 1. The molecule has 2 bridgehead atoms. The zero-order valence-corrected chi connectivity index (χ0v) is 11.9. The van der Waals surface area contributed by atoms with Crippen LogP contribution in [0.2, 0.25) is 5.02 Å². The molecule has 102 valence electrons. The van der Waals surface area contributed by atoms with Crippen LogP contribution in [0.1, 0.15) is 31.2 Å². The molecule has 2 heterocycles. The van der Waals surface area contributed by atoms with Gasteiger partial charge in [0, 0.05) is 29.9 Å². The van der Waals surface area contributed by atoms with E-state index in [1.807, 2.05) is 24.3 Å². The molecule has 2 unspecified atom stereocenters. The lowest BCUT2D eigenvalue weighted by Gasteiger charge is -2.31. The Morgan fingerprint density at radius 3 is 2.47 bits per heavy atom. The Morgan fingerprint density at radius 2 is 1.84 bits per heavy atom. The van der Waals surface area contributed by atoms with Crippen molar-refractivity contribution in [3.8, 4) is 0 Å². The quantitative estimate of drug-likeness (QED) is 0.791. The van der Waals surface area contributed by atoms with E-state index in [-0.39, 0.29) is 0 Å². The molecule has 3 rings (SSSR count). The second kappa shape index (κ2) is 5.51. The average Bonchev–Trinajstić information content (AvgIpc) is 2.64. The number of piperidine rings is 1. The van der Waals surface area contributed by atoms with E-state index in [0.717, 1.165) is 23.4 Å². The number of oxime groups is 1. The smallest absolute Gasteiger partial charge is 0.142 e. The first kappa shape index (κ1) is 12.9. The van der Waals surface area contributed by atoms with Crippen LogP contribution in [0.5, 0.6) is 0 Å². The lowest BCUT2D eigenvalue weighted by atomic mass is 10.0. The van der Waals surface area contributed by atoms with Crippen LogP contribution in [0.25, 0.3) is 0 Å². The highest BCUT2D eigenvalue weighted by Crippen LogP contribution is 2.32. The highest BCUT2D eigenvalue weighted by atomic mass is 35.5. The van der Waals surface area contributed by atoms with Crippen LogP contribution >= 0.6 is 11.6 Å². The van der Waals surface area contributed by atoms with Crippen molar-refractivity contribution < 1.29 is 4.84 Å². The number of fused-ring (bicyclic) bond motifs is 2. The fraction of sp³-hybridized carbons (Fsp3) is 0.533. The highest BCUT2D eigenvalue weighted by molar-refractivity contribution is 6.30. The zero-order chi connectivity index (χ0) is 13.2. The van der Waals surface area contributed by atoms with Crippen molar-refractivity contribution in [3.05, 3.63) is 34.9 Å². The molecule has 2 atom stereocenters. The zero-order valence-electron chi connectivity index (χ0n) is 11.2. The molecule has 0 aromatic heterocycles. The Morgan fingerprint density at radius 1 is 1.21 bits per heavy atom. The third-order valence-corrected chi connectivity index (χ3v) is 4.52. The van der Waals surface area contributed by atoms with Gasteiger partial charge < -0.3 is 4.84 Å². The summed E-state index contributed by atoms with van der Waals surface area (Å²) >= 11 is 5.85. The maximum atomic E-state index is 5.85. The van der Waals surface area contributed by atoms with Gasteiger partial charge in [0.25, 0.3) is 0 Å². The Bertz CT molecular complexity index is 456. The monoisotopic (exact) mass is 278 g/mol. The number of hydrogen-bond acceptors (Lipinski definition) is 3. The molecule has 0 saturated carbocycles. The topological polar surface area (TPSA) is 24.8 Å². The molecule has 2 saturated heterocycles. The average molecular weight is 279 g/mol. The summed E-state index contributed by atoms with van der Waals surface area (Å²) in [4.78, 5) is 7.98. The van der Waals surface area contributed by atoms with Crippen molar-refractivity contribution in [2.75, 3.05) is 7.05 Å². The van der Waals surface area contributed by atoms with E-state index >= 15 is 0 Å². The molecule has 3 nitrogen and oxygen atoms in total. The molecule has 19 heavy (non-hydrogen) atoms. The van der Waals surface area contributed by atoms with Gasteiger partial charge in [-0.3, -0.25) is 4.90 Å². The van der Waals surface area contributed by atoms with Crippen LogP contribution in [0.15, 0.2) is 29.4 Å². The van der Waals surface area contributed by atoms with Gasteiger partial charge in [-0.1, -0.05) is 28.9 Å². The first-order valence-electron chi connectivity index (χ1n) is 6.86. The number of hydrogen-bond donors (Lipinski definition) is 0. The minimum atomic E-state index is 0.520. The van der Waals surface area contributed by atoms with E-state index in [1.165, 1.54) is 18.6 Å². The van der Waals surface area contributed by atoms with Gasteiger partial charge in [0.1, 0.15) is 6.61 Å². The molecule has 0 spiro atoms. The summed E-state index contributed by atoms with van der Waals surface area (Å²) in [7, 11) is 2.23. The van der Waals surface area contributed by atoms with E-state index in [9.17, 15) is 0 Å². The number of nitrogens with zero attached hydrogens (tertiary/aromatic N) is 2. The van der Waals surface area contributed by atoms with Crippen LogP contribution in [0, 0.1) is 0 Å². The molecule has 2 fully saturated rings. The second-order valence-electron chi connectivity index (χ2n) is 5.52. The molecule has 1 aromatic carbocycles. The fourth-order valence-corrected chi connectivity index (χ4v) is 3.19. The normalized spacial score (nSPS) is 26.5. The Labute approximate surface area is 119 Å². The summed E-state index contributed by atoms with van der Waals surface area (Å²) in [5.74, 6) is 0. The van der Waals surface area contributed by atoms with Crippen molar-refractivity contribution in [2.45, 2.75) is 44.4 Å². The SMILES string of the molecule is CN1C2CCC1CC(=NOCc1ccc(Cl)cc1)C2. The molecular formula is C15H19ClN2O. The largest absolute Gasteiger partial charge is 0.391 e. The van der Waals surface area contributed by atoms with Gasteiger partial charge in [0.15, 0.2) is 0 Å².